The van der Waals surface area contributed by atoms with E-state index in [1.54, 1.807) is 0 Å². The number of hydrogen-bond acceptors (Lipinski definition) is 1. The summed E-state index contributed by atoms with van der Waals surface area (Å²) >= 11 is 8.99. The number of rotatable bonds is 4. The van der Waals surface area contributed by atoms with E-state index in [0.29, 0.717) is 0 Å². The molecular weight excluding hydrogens is 552 g/mol. The van der Waals surface area contributed by atoms with Crippen LogP contribution in [-0.2, 0) is 0 Å². The van der Waals surface area contributed by atoms with Gasteiger partial charge in [0.05, 0.1) is 0 Å². The molecule has 0 nitrogen and oxygen atoms in total. The summed E-state index contributed by atoms with van der Waals surface area (Å²) in [5.74, 6) is 0. The Morgan fingerprint density at radius 3 is 1.09 bits per heavy atom. The lowest BCUT2D eigenvalue weighted by molar-refractivity contribution is 1.51. The van der Waals surface area contributed by atoms with Crippen LogP contribution in [0.15, 0.2) is 130 Å². The van der Waals surface area contributed by atoms with E-state index in [1.807, 2.05) is 11.3 Å². The van der Waals surface area contributed by atoms with Gasteiger partial charge in [-0.15, -0.1) is 11.3 Å². The van der Waals surface area contributed by atoms with E-state index in [0.717, 1.165) is 8.95 Å². The molecule has 0 N–H and O–H groups in total. The van der Waals surface area contributed by atoms with Gasteiger partial charge in [0.2, 0.25) is 0 Å². The van der Waals surface area contributed by atoms with Gasteiger partial charge in [0.15, 0.2) is 0 Å². The molecule has 0 radical (unpaired) electrons. The summed E-state index contributed by atoms with van der Waals surface area (Å²) in [5, 5.41) is 0. The van der Waals surface area contributed by atoms with Gasteiger partial charge in [0, 0.05) is 29.2 Å². The van der Waals surface area contributed by atoms with Crippen LogP contribution in [0.2, 0.25) is 0 Å². The van der Waals surface area contributed by atoms with Crippen molar-refractivity contribution in [2.75, 3.05) is 0 Å². The Labute approximate surface area is 214 Å². The van der Waals surface area contributed by atoms with Crippen molar-refractivity contribution in [2.24, 2.45) is 0 Å². The van der Waals surface area contributed by atoms with Crippen LogP contribution in [0.25, 0.3) is 11.1 Å². The quantitative estimate of drug-likeness (QED) is 0.207. The molecular formula is C30H20Br2S. The minimum Gasteiger partial charge on any atom is -0.135 e. The highest BCUT2D eigenvalue weighted by atomic mass is 79.9. The number of thiophene rings is 1. The summed E-state index contributed by atoms with van der Waals surface area (Å²) in [6.07, 6.45) is 0. The molecule has 0 saturated carbocycles. The monoisotopic (exact) mass is 570 g/mol. The molecule has 0 aliphatic heterocycles. The molecule has 0 amide bonds. The Morgan fingerprint density at radius 2 is 0.727 bits per heavy atom. The second-order valence-electron chi connectivity index (χ2n) is 7.66. The smallest absolute Gasteiger partial charge is 0.0361 e. The number of hydrogen-bond donors (Lipinski definition) is 0. The van der Waals surface area contributed by atoms with Crippen molar-refractivity contribution >= 4 is 54.3 Å². The second kappa shape index (κ2) is 10.0. The summed E-state index contributed by atoms with van der Waals surface area (Å²) in [4.78, 5) is 0. The summed E-state index contributed by atoms with van der Waals surface area (Å²) in [6, 6.07) is 43.0. The van der Waals surface area contributed by atoms with Crippen molar-refractivity contribution < 1.29 is 0 Å². The van der Waals surface area contributed by atoms with Crippen LogP contribution < -0.4 is 9.06 Å². The fraction of sp³-hybridized carbons (Fsp3) is 0. The Bertz CT molecular complexity index is 1370. The highest BCUT2D eigenvalue weighted by Crippen LogP contribution is 2.25. The Hall–Kier alpha value is -2.72. The predicted octanol–water partition coefficient (Wildman–Crippen LogP) is 7.77. The third-order valence-electron chi connectivity index (χ3n) is 5.49. The van der Waals surface area contributed by atoms with E-state index >= 15 is 0 Å². The van der Waals surface area contributed by atoms with Gasteiger partial charge in [-0.05, 0) is 58.7 Å². The van der Waals surface area contributed by atoms with Crippen molar-refractivity contribution in [3.05, 3.63) is 162 Å². The van der Waals surface area contributed by atoms with Crippen molar-refractivity contribution in [3.63, 3.8) is 0 Å². The third kappa shape index (κ3) is 4.96. The molecule has 5 aromatic rings. The average Bonchev–Trinajstić information content (AvgIpc) is 3.32. The topological polar surface area (TPSA) is 0 Å². The van der Waals surface area contributed by atoms with E-state index in [4.69, 9.17) is 0 Å². The van der Waals surface area contributed by atoms with Crippen LogP contribution in [0.5, 0.6) is 0 Å². The summed E-state index contributed by atoms with van der Waals surface area (Å²) < 4.78 is 4.68. The molecule has 33 heavy (non-hydrogen) atoms. The fourth-order valence-electron chi connectivity index (χ4n) is 3.95. The fourth-order valence-corrected chi connectivity index (χ4v) is 5.67. The minimum absolute atomic E-state index is 1.08. The van der Waals surface area contributed by atoms with Gasteiger partial charge in [-0.3, -0.25) is 0 Å². The van der Waals surface area contributed by atoms with E-state index in [1.165, 1.54) is 42.5 Å². The normalized spacial score (nSPS) is 12.9. The molecule has 4 aromatic carbocycles. The van der Waals surface area contributed by atoms with E-state index in [2.05, 4.69) is 153 Å². The zero-order valence-electron chi connectivity index (χ0n) is 17.7. The van der Waals surface area contributed by atoms with Gasteiger partial charge in [-0.1, -0.05) is 117 Å². The molecule has 0 unspecified atom stereocenters. The molecule has 0 aliphatic carbocycles. The van der Waals surface area contributed by atoms with Crippen LogP contribution in [0.4, 0.5) is 0 Å². The largest absolute Gasteiger partial charge is 0.135 e. The Balaban J connectivity index is 1.82. The molecule has 1 aromatic heterocycles. The molecule has 0 bridgehead atoms. The van der Waals surface area contributed by atoms with Crippen molar-refractivity contribution in [1.82, 2.24) is 0 Å². The van der Waals surface area contributed by atoms with Gasteiger partial charge in [-0.2, -0.15) is 0 Å². The van der Waals surface area contributed by atoms with Gasteiger partial charge < -0.3 is 0 Å². The van der Waals surface area contributed by atoms with Crippen LogP contribution in [-0.4, -0.2) is 0 Å². The standard InChI is InChI=1S/C30H20Br2S/c31-25-15-11-23(12-16-25)29(21-7-3-1-4-8-21)27-19-20-28(33-27)30(22-9-5-2-6-10-22)24-13-17-26(32)18-14-24/h1-20H/b29-27+,30-28+. The highest BCUT2D eigenvalue weighted by molar-refractivity contribution is 9.10. The first kappa shape index (κ1) is 22.1. The maximum atomic E-state index is 3.57. The highest BCUT2D eigenvalue weighted by Gasteiger charge is 2.10. The molecule has 160 valence electrons. The summed E-state index contributed by atoms with van der Waals surface area (Å²) in [6.45, 7) is 0. The predicted molar refractivity (Wildman–Crippen MR) is 148 cm³/mol. The number of halogens is 2. The molecule has 0 atom stereocenters. The zero-order valence-corrected chi connectivity index (χ0v) is 21.7. The molecule has 3 heteroatoms. The van der Waals surface area contributed by atoms with Crippen LogP contribution in [0.1, 0.15) is 22.3 Å². The maximum Gasteiger partial charge on any atom is 0.0361 e. The van der Waals surface area contributed by atoms with Crippen molar-refractivity contribution in [2.45, 2.75) is 0 Å². The zero-order chi connectivity index (χ0) is 22.6. The minimum atomic E-state index is 1.08. The van der Waals surface area contributed by atoms with Gasteiger partial charge in [-0.25, -0.2) is 0 Å². The van der Waals surface area contributed by atoms with Crippen LogP contribution in [0, 0.1) is 0 Å². The SMILES string of the molecule is Brc1ccc(/C(c2ccccc2)=c2\cc/c(=C(/c3ccccc3)c3ccc(Br)cc3)s2)cc1. The lowest BCUT2D eigenvalue weighted by Crippen LogP contribution is -2.06. The Morgan fingerprint density at radius 1 is 0.394 bits per heavy atom. The lowest BCUT2D eigenvalue weighted by atomic mass is 9.98. The second-order valence-corrected chi connectivity index (χ2v) is 10.6. The molecule has 0 saturated heterocycles. The molecule has 0 spiro atoms. The molecule has 1 heterocycles. The van der Waals surface area contributed by atoms with Crippen LogP contribution >= 0.6 is 43.2 Å². The first-order chi connectivity index (χ1) is 16.2. The summed E-state index contributed by atoms with van der Waals surface area (Å²) in [7, 11) is 0. The van der Waals surface area contributed by atoms with E-state index in [9.17, 15) is 0 Å². The maximum absolute atomic E-state index is 3.57. The van der Waals surface area contributed by atoms with Crippen molar-refractivity contribution in [3.8, 4) is 0 Å². The Kier molecular flexibility index (Phi) is 6.73. The molecule has 0 aliphatic rings. The van der Waals surface area contributed by atoms with Gasteiger partial charge >= 0.3 is 0 Å². The van der Waals surface area contributed by atoms with E-state index in [-0.39, 0.29) is 0 Å². The van der Waals surface area contributed by atoms with Crippen LogP contribution in [0.3, 0.4) is 0 Å². The first-order valence-corrected chi connectivity index (χ1v) is 13.1. The average molecular weight is 572 g/mol. The number of benzene rings is 4. The third-order valence-corrected chi connectivity index (χ3v) is 7.67. The van der Waals surface area contributed by atoms with Gasteiger partial charge in [0.1, 0.15) is 0 Å². The van der Waals surface area contributed by atoms with Crippen molar-refractivity contribution in [1.29, 1.82) is 0 Å². The lowest BCUT2D eigenvalue weighted by Gasteiger charge is -2.09. The molecule has 5 rings (SSSR count). The van der Waals surface area contributed by atoms with Gasteiger partial charge in [0.25, 0.3) is 0 Å². The summed E-state index contributed by atoms with van der Waals surface area (Å²) in [5.41, 5.74) is 7.37. The first-order valence-electron chi connectivity index (χ1n) is 10.7. The van der Waals surface area contributed by atoms with E-state index < -0.39 is 0 Å². The molecule has 0 fully saturated rings.